The van der Waals surface area contributed by atoms with Crippen molar-refractivity contribution in [2.75, 3.05) is 5.43 Å². The van der Waals surface area contributed by atoms with Crippen molar-refractivity contribution >= 4 is 21.7 Å². The molecule has 0 saturated carbocycles. The molecule has 0 aliphatic rings. The van der Waals surface area contributed by atoms with Gasteiger partial charge in [0.1, 0.15) is 0 Å². The molecule has 0 aliphatic heterocycles. The maximum atomic E-state index is 12.8. The highest BCUT2D eigenvalue weighted by molar-refractivity contribution is 7.91. The molecule has 120 valence electrons. The van der Waals surface area contributed by atoms with Crippen LogP contribution in [0.5, 0.6) is 0 Å². The zero-order chi connectivity index (χ0) is 16.8. The Kier molecular flexibility index (Phi) is 4.72. The first-order valence-corrected chi connectivity index (χ1v) is 8.89. The van der Waals surface area contributed by atoms with Gasteiger partial charge in [-0.2, -0.15) is 5.10 Å². The largest absolute Gasteiger partial charge is 0.279 e. The molecule has 4 nitrogen and oxygen atoms in total. The minimum atomic E-state index is -3.58. The van der Waals surface area contributed by atoms with E-state index in [-0.39, 0.29) is 9.79 Å². The molecule has 24 heavy (non-hydrogen) atoms. The number of hydrogen-bond donors (Lipinski definition) is 1. The molecule has 3 aromatic rings. The van der Waals surface area contributed by atoms with Gasteiger partial charge in [0.25, 0.3) is 0 Å². The van der Waals surface area contributed by atoms with Crippen LogP contribution in [0.2, 0.25) is 0 Å². The van der Waals surface area contributed by atoms with E-state index in [9.17, 15) is 8.42 Å². The highest BCUT2D eigenvalue weighted by Crippen LogP contribution is 2.23. The number of nitrogens with one attached hydrogen (secondary N) is 1. The monoisotopic (exact) mass is 336 g/mol. The average molecular weight is 336 g/mol. The summed E-state index contributed by atoms with van der Waals surface area (Å²) >= 11 is 0. The molecule has 0 saturated heterocycles. The molecular weight excluding hydrogens is 320 g/mol. The predicted molar refractivity (Wildman–Crippen MR) is 96.0 cm³/mol. The van der Waals surface area contributed by atoms with Crippen molar-refractivity contribution in [2.24, 2.45) is 5.10 Å². The van der Waals surface area contributed by atoms with Crippen molar-refractivity contribution < 1.29 is 8.42 Å². The highest BCUT2D eigenvalue weighted by atomic mass is 32.2. The quantitative estimate of drug-likeness (QED) is 0.566. The Labute approximate surface area is 141 Å². The molecule has 0 amide bonds. The SMILES string of the molecule is O=S(=O)(c1ccccc1)c1ccccc1C=NNc1ccccc1. The number of rotatable bonds is 5. The van der Waals surface area contributed by atoms with Gasteiger partial charge in [-0.1, -0.05) is 54.6 Å². The number of hydrogen-bond acceptors (Lipinski definition) is 4. The van der Waals surface area contributed by atoms with Crippen LogP contribution < -0.4 is 5.43 Å². The number of hydrazone groups is 1. The Morgan fingerprint density at radius 2 is 1.33 bits per heavy atom. The van der Waals surface area contributed by atoms with Gasteiger partial charge in [0, 0.05) is 5.56 Å². The van der Waals surface area contributed by atoms with E-state index in [4.69, 9.17) is 0 Å². The smallest absolute Gasteiger partial charge is 0.207 e. The Morgan fingerprint density at radius 1 is 0.750 bits per heavy atom. The average Bonchev–Trinajstić information content (AvgIpc) is 2.64. The summed E-state index contributed by atoms with van der Waals surface area (Å²) < 4.78 is 25.6. The fraction of sp³-hybridized carbons (Fsp3) is 0. The standard InChI is InChI=1S/C19H16N2O2S/c22-24(23,18-12-5-2-6-13-18)19-14-8-7-9-16(19)15-20-21-17-10-3-1-4-11-17/h1-15,21H. The number of benzene rings is 3. The molecule has 5 heteroatoms. The van der Waals surface area contributed by atoms with Crippen LogP contribution in [0.4, 0.5) is 5.69 Å². The maximum Gasteiger partial charge on any atom is 0.207 e. The van der Waals surface area contributed by atoms with Crippen molar-refractivity contribution in [1.82, 2.24) is 0 Å². The van der Waals surface area contributed by atoms with Crippen molar-refractivity contribution in [3.05, 3.63) is 90.5 Å². The normalized spacial score (nSPS) is 11.5. The zero-order valence-corrected chi connectivity index (χ0v) is 13.6. The summed E-state index contributed by atoms with van der Waals surface area (Å²) in [5, 5.41) is 4.14. The van der Waals surface area contributed by atoms with E-state index in [0.717, 1.165) is 5.69 Å². The Bertz CT molecular complexity index is 937. The maximum absolute atomic E-state index is 12.8. The second-order valence-electron chi connectivity index (χ2n) is 5.09. The molecule has 0 aromatic heterocycles. The number of anilines is 1. The second kappa shape index (κ2) is 7.10. The summed E-state index contributed by atoms with van der Waals surface area (Å²) in [6, 6.07) is 24.7. The van der Waals surface area contributed by atoms with Gasteiger partial charge in [-0.15, -0.1) is 0 Å². The molecule has 3 rings (SSSR count). The van der Waals surface area contributed by atoms with Gasteiger partial charge >= 0.3 is 0 Å². The lowest BCUT2D eigenvalue weighted by Crippen LogP contribution is -2.05. The highest BCUT2D eigenvalue weighted by Gasteiger charge is 2.19. The fourth-order valence-corrected chi connectivity index (χ4v) is 3.71. The Balaban J connectivity index is 1.91. The minimum absolute atomic E-state index is 0.231. The summed E-state index contributed by atoms with van der Waals surface area (Å²) in [5.74, 6) is 0. The molecule has 0 unspecified atom stereocenters. The molecule has 0 atom stereocenters. The van der Waals surface area contributed by atoms with E-state index in [1.807, 2.05) is 30.3 Å². The summed E-state index contributed by atoms with van der Waals surface area (Å²) in [4.78, 5) is 0.497. The van der Waals surface area contributed by atoms with Gasteiger partial charge in [0.15, 0.2) is 0 Å². The zero-order valence-electron chi connectivity index (χ0n) is 12.8. The van der Waals surface area contributed by atoms with Crippen LogP contribution in [-0.2, 0) is 9.84 Å². The van der Waals surface area contributed by atoms with E-state index in [0.29, 0.717) is 5.56 Å². The Hall–Kier alpha value is -2.92. The lowest BCUT2D eigenvalue weighted by molar-refractivity contribution is 0.596. The molecule has 0 heterocycles. The lowest BCUT2D eigenvalue weighted by atomic mass is 10.2. The first-order valence-electron chi connectivity index (χ1n) is 7.41. The lowest BCUT2D eigenvalue weighted by Gasteiger charge is -2.07. The van der Waals surface area contributed by atoms with Gasteiger partial charge in [-0.3, -0.25) is 5.43 Å². The molecule has 0 aliphatic carbocycles. The van der Waals surface area contributed by atoms with E-state index in [1.165, 1.54) is 6.21 Å². The van der Waals surface area contributed by atoms with Gasteiger partial charge < -0.3 is 0 Å². The molecule has 0 bridgehead atoms. The molecule has 0 fully saturated rings. The predicted octanol–water partition coefficient (Wildman–Crippen LogP) is 3.97. The third-order valence-electron chi connectivity index (χ3n) is 3.43. The third kappa shape index (κ3) is 3.52. The van der Waals surface area contributed by atoms with Gasteiger partial charge in [0.05, 0.1) is 21.7 Å². The minimum Gasteiger partial charge on any atom is -0.279 e. The van der Waals surface area contributed by atoms with Gasteiger partial charge in [-0.25, -0.2) is 8.42 Å². The molecule has 3 aromatic carbocycles. The fourth-order valence-electron chi connectivity index (χ4n) is 2.25. The summed E-state index contributed by atoms with van der Waals surface area (Å²) in [6.45, 7) is 0. The van der Waals surface area contributed by atoms with Crippen LogP contribution in [0.3, 0.4) is 0 Å². The van der Waals surface area contributed by atoms with E-state index in [2.05, 4.69) is 10.5 Å². The van der Waals surface area contributed by atoms with Crippen LogP contribution in [0.25, 0.3) is 0 Å². The van der Waals surface area contributed by atoms with Crippen LogP contribution in [-0.4, -0.2) is 14.6 Å². The van der Waals surface area contributed by atoms with Crippen molar-refractivity contribution in [1.29, 1.82) is 0 Å². The van der Waals surface area contributed by atoms with E-state index in [1.54, 1.807) is 54.6 Å². The van der Waals surface area contributed by atoms with Crippen molar-refractivity contribution in [3.63, 3.8) is 0 Å². The second-order valence-corrected chi connectivity index (χ2v) is 7.01. The number of sulfone groups is 1. The first kappa shape index (κ1) is 16.0. The van der Waals surface area contributed by atoms with Crippen LogP contribution in [0, 0.1) is 0 Å². The van der Waals surface area contributed by atoms with E-state index >= 15 is 0 Å². The van der Waals surface area contributed by atoms with Gasteiger partial charge in [0.2, 0.25) is 9.84 Å². The van der Waals surface area contributed by atoms with Crippen LogP contribution in [0.15, 0.2) is 99.8 Å². The van der Waals surface area contributed by atoms with Gasteiger partial charge in [-0.05, 0) is 30.3 Å². The summed E-state index contributed by atoms with van der Waals surface area (Å²) in [5.41, 5.74) is 4.25. The Morgan fingerprint density at radius 3 is 2.04 bits per heavy atom. The first-order chi connectivity index (χ1) is 11.7. The molecule has 0 spiro atoms. The number of para-hydroxylation sites is 1. The van der Waals surface area contributed by atoms with E-state index < -0.39 is 9.84 Å². The van der Waals surface area contributed by atoms with Crippen LogP contribution in [0.1, 0.15) is 5.56 Å². The van der Waals surface area contributed by atoms with Crippen molar-refractivity contribution in [2.45, 2.75) is 9.79 Å². The van der Waals surface area contributed by atoms with Crippen molar-refractivity contribution in [3.8, 4) is 0 Å². The topological polar surface area (TPSA) is 58.5 Å². The number of nitrogens with zero attached hydrogens (tertiary/aromatic N) is 1. The molecule has 0 radical (unpaired) electrons. The third-order valence-corrected chi connectivity index (χ3v) is 5.28. The molecule has 1 N–H and O–H groups in total. The molecular formula is C19H16N2O2S. The summed E-state index contributed by atoms with van der Waals surface area (Å²) in [6.07, 6.45) is 1.52. The van der Waals surface area contributed by atoms with Crippen LogP contribution >= 0.6 is 0 Å². The summed E-state index contributed by atoms with van der Waals surface area (Å²) in [7, 11) is -3.58.